The molecule has 2 rings (SSSR count). The maximum absolute atomic E-state index is 11.5. The van der Waals surface area contributed by atoms with Gasteiger partial charge in [-0.05, 0) is 51.1 Å². The van der Waals surface area contributed by atoms with Crippen molar-refractivity contribution < 1.29 is 8.42 Å². The summed E-state index contributed by atoms with van der Waals surface area (Å²) in [6.45, 7) is 3.72. The van der Waals surface area contributed by atoms with Crippen LogP contribution in [0.4, 0.5) is 0 Å². The molecule has 100 valence electrons. The van der Waals surface area contributed by atoms with Crippen LogP contribution in [0.3, 0.4) is 0 Å². The minimum absolute atomic E-state index is 0.208. The van der Waals surface area contributed by atoms with E-state index >= 15 is 0 Å². The van der Waals surface area contributed by atoms with Gasteiger partial charge in [-0.1, -0.05) is 6.42 Å². The lowest BCUT2D eigenvalue weighted by atomic mass is 9.94. The molecule has 3 N–H and O–H groups in total. The molecule has 1 aliphatic carbocycles. The standard InChI is InChI=1S/C12H24N2O2S/c1-12(5-6-17(15,16)9-12)14-8-11-4-2-3-10(11)7-13/h10-11,14H,2-9,13H2,1H3. The summed E-state index contributed by atoms with van der Waals surface area (Å²) < 4.78 is 23.0. The summed E-state index contributed by atoms with van der Waals surface area (Å²) in [5.74, 6) is 1.89. The first-order valence-corrected chi connectivity index (χ1v) is 8.42. The van der Waals surface area contributed by atoms with Gasteiger partial charge in [-0.3, -0.25) is 0 Å². The van der Waals surface area contributed by atoms with Crippen LogP contribution in [0.25, 0.3) is 0 Å². The van der Waals surface area contributed by atoms with Crippen molar-refractivity contribution in [2.45, 2.75) is 38.1 Å². The molecule has 1 heterocycles. The van der Waals surface area contributed by atoms with E-state index in [2.05, 4.69) is 5.32 Å². The quantitative estimate of drug-likeness (QED) is 0.773. The molecule has 3 unspecified atom stereocenters. The lowest BCUT2D eigenvalue weighted by Gasteiger charge is -2.28. The van der Waals surface area contributed by atoms with E-state index in [1.54, 1.807) is 0 Å². The molecule has 1 saturated carbocycles. The van der Waals surface area contributed by atoms with Crippen molar-refractivity contribution in [2.75, 3.05) is 24.6 Å². The fourth-order valence-electron chi connectivity index (χ4n) is 3.22. The van der Waals surface area contributed by atoms with Crippen LogP contribution in [0.5, 0.6) is 0 Å². The Morgan fingerprint density at radius 1 is 1.35 bits per heavy atom. The van der Waals surface area contributed by atoms with E-state index < -0.39 is 9.84 Å². The fraction of sp³-hybridized carbons (Fsp3) is 1.00. The Bertz CT molecular complexity index is 369. The molecule has 4 nitrogen and oxygen atoms in total. The third-order valence-electron chi connectivity index (χ3n) is 4.41. The number of hydrogen-bond donors (Lipinski definition) is 2. The van der Waals surface area contributed by atoms with Gasteiger partial charge in [0.05, 0.1) is 11.5 Å². The minimum Gasteiger partial charge on any atom is -0.330 e. The van der Waals surface area contributed by atoms with Crippen LogP contribution in [0.2, 0.25) is 0 Å². The molecule has 5 heteroatoms. The number of sulfone groups is 1. The normalized spacial score (nSPS) is 40.8. The lowest BCUT2D eigenvalue weighted by Crippen LogP contribution is -2.46. The smallest absolute Gasteiger partial charge is 0.152 e. The van der Waals surface area contributed by atoms with Crippen molar-refractivity contribution in [3.05, 3.63) is 0 Å². The average Bonchev–Trinajstić information content (AvgIpc) is 2.80. The van der Waals surface area contributed by atoms with E-state index in [0.29, 0.717) is 23.3 Å². The Morgan fingerprint density at radius 3 is 2.65 bits per heavy atom. The maximum Gasteiger partial charge on any atom is 0.152 e. The van der Waals surface area contributed by atoms with E-state index in [1.165, 1.54) is 19.3 Å². The number of hydrogen-bond acceptors (Lipinski definition) is 4. The van der Waals surface area contributed by atoms with Gasteiger partial charge in [0.2, 0.25) is 0 Å². The highest BCUT2D eigenvalue weighted by atomic mass is 32.2. The summed E-state index contributed by atoms with van der Waals surface area (Å²) in [5.41, 5.74) is 5.55. The van der Waals surface area contributed by atoms with Crippen LogP contribution in [-0.2, 0) is 9.84 Å². The van der Waals surface area contributed by atoms with Crippen molar-refractivity contribution in [1.29, 1.82) is 0 Å². The molecule has 3 atom stereocenters. The monoisotopic (exact) mass is 260 g/mol. The molecule has 2 fully saturated rings. The van der Waals surface area contributed by atoms with Gasteiger partial charge in [-0.2, -0.15) is 0 Å². The second-order valence-electron chi connectivity index (χ2n) is 5.97. The van der Waals surface area contributed by atoms with Gasteiger partial charge in [-0.15, -0.1) is 0 Å². The van der Waals surface area contributed by atoms with Crippen molar-refractivity contribution in [3.63, 3.8) is 0 Å². The molecule has 0 aromatic heterocycles. The summed E-state index contributed by atoms with van der Waals surface area (Å²) in [4.78, 5) is 0. The zero-order chi connectivity index (χ0) is 12.5. The lowest BCUT2D eigenvalue weighted by molar-refractivity contribution is 0.312. The molecular weight excluding hydrogens is 236 g/mol. The van der Waals surface area contributed by atoms with E-state index in [4.69, 9.17) is 5.73 Å². The number of rotatable bonds is 4. The highest BCUT2D eigenvalue weighted by Crippen LogP contribution is 2.31. The van der Waals surface area contributed by atoms with Crippen molar-refractivity contribution in [2.24, 2.45) is 17.6 Å². The molecule has 0 bridgehead atoms. The Balaban J connectivity index is 1.86. The Labute approximate surface area is 104 Å². The molecule has 1 aliphatic heterocycles. The van der Waals surface area contributed by atoms with Crippen molar-refractivity contribution >= 4 is 9.84 Å². The largest absolute Gasteiger partial charge is 0.330 e. The summed E-state index contributed by atoms with van der Waals surface area (Å²) >= 11 is 0. The van der Waals surface area contributed by atoms with Gasteiger partial charge in [-0.25, -0.2) is 8.42 Å². The zero-order valence-electron chi connectivity index (χ0n) is 10.6. The predicted molar refractivity (Wildman–Crippen MR) is 69.6 cm³/mol. The van der Waals surface area contributed by atoms with E-state index in [0.717, 1.165) is 19.5 Å². The zero-order valence-corrected chi connectivity index (χ0v) is 11.4. The van der Waals surface area contributed by atoms with Crippen molar-refractivity contribution in [1.82, 2.24) is 5.32 Å². The van der Waals surface area contributed by atoms with Crippen LogP contribution in [-0.4, -0.2) is 38.6 Å². The summed E-state index contributed by atoms with van der Waals surface area (Å²) in [5, 5.41) is 3.49. The maximum atomic E-state index is 11.5. The van der Waals surface area contributed by atoms with E-state index in [9.17, 15) is 8.42 Å². The first-order valence-electron chi connectivity index (χ1n) is 6.60. The third-order valence-corrected chi connectivity index (χ3v) is 6.32. The van der Waals surface area contributed by atoms with Crippen LogP contribution in [0, 0.1) is 11.8 Å². The molecule has 2 aliphatic rings. The summed E-state index contributed by atoms with van der Waals surface area (Å²) in [6, 6.07) is 0. The number of nitrogens with two attached hydrogens (primary N) is 1. The van der Waals surface area contributed by atoms with Crippen LogP contribution in [0.15, 0.2) is 0 Å². The van der Waals surface area contributed by atoms with Crippen LogP contribution >= 0.6 is 0 Å². The van der Waals surface area contributed by atoms with E-state index in [-0.39, 0.29) is 5.54 Å². The highest BCUT2D eigenvalue weighted by Gasteiger charge is 2.39. The van der Waals surface area contributed by atoms with Gasteiger partial charge in [0.15, 0.2) is 9.84 Å². The molecule has 1 saturated heterocycles. The molecule has 0 amide bonds. The Morgan fingerprint density at radius 2 is 2.06 bits per heavy atom. The molecule has 0 spiro atoms. The third kappa shape index (κ3) is 3.20. The topological polar surface area (TPSA) is 72.2 Å². The van der Waals surface area contributed by atoms with Gasteiger partial charge in [0.1, 0.15) is 0 Å². The fourth-order valence-corrected chi connectivity index (χ4v) is 5.34. The molecule has 0 aromatic rings. The van der Waals surface area contributed by atoms with Crippen LogP contribution in [0.1, 0.15) is 32.6 Å². The van der Waals surface area contributed by atoms with Crippen molar-refractivity contribution in [3.8, 4) is 0 Å². The second kappa shape index (κ2) is 4.86. The van der Waals surface area contributed by atoms with Gasteiger partial charge in [0, 0.05) is 5.54 Å². The van der Waals surface area contributed by atoms with E-state index in [1.807, 2.05) is 6.92 Å². The SMILES string of the molecule is CC1(NCC2CCCC2CN)CCS(=O)(=O)C1. The first kappa shape index (κ1) is 13.3. The van der Waals surface area contributed by atoms with Gasteiger partial charge in [0.25, 0.3) is 0 Å². The molecule has 0 radical (unpaired) electrons. The Hall–Kier alpha value is -0.130. The number of nitrogens with one attached hydrogen (secondary N) is 1. The Kier molecular flexibility index (Phi) is 3.80. The summed E-state index contributed by atoms with van der Waals surface area (Å²) in [6.07, 6.45) is 4.48. The van der Waals surface area contributed by atoms with Crippen LogP contribution < -0.4 is 11.1 Å². The summed E-state index contributed by atoms with van der Waals surface area (Å²) in [7, 11) is -2.81. The minimum atomic E-state index is -2.81. The molecular formula is C12H24N2O2S. The molecule has 0 aromatic carbocycles. The molecule has 17 heavy (non-hydrogen) atoms. The average molecular weight is 260 g/mol. The van der Waals surface area contributed by atoms with Gasteiger partial charge < -0.3 is 11.1 Å². The second-order valence-corrected chi connectivity index (χ2v) is 8.15. The highest BCUT2D eigenvalue weighted by molar-refractivity contribution is 7.91. The first-order chi connectivity index (χ1) is 7.94. The van der Waals surface area contributed by atoms with Gasteiger partial charge >= 0.3 is 0 Å². The predicted octanol–water partition coefficient (Wildman–Crippen LogP) is 0.528.